The number of nitrogens with zero attached hydrogens (tertiary/aromatic N) is 5. The predicted molar refractivity (Wildman–Crippen MR) is 169 cm³/mol. The van der Waals surface area contributed by atoms with Gasteiger partial charge in [0.15, 0.2) is 0 Å². The van der Waals surface area contributed by atoms with Gasteiger partial charge in [0.25, 0.3) is 0 Å². The van der Waals surface area contributed by atoms with Crippen molar-refractivity contribution in [2.45, 2.75) is 68.9 Å². The summed E-state index contributed by atoms with van der Waals surface area (Å²) in [4.78, 5) is 19.7. The first-order valence-corrected chi connectivity index (χ1v) is 16.8. The highest BCUT2D eigenvalue weighted by Gasteiger charge is 2.36. The van der Waals surface area contributed by atoms with Crippen LogP contribution in [0.4, 0.5) is 0 Å². The van der Waals surface area contributed by atoms with Crippen LogP contribution in [-0.4, -0.2) is 61.4 Å². The molecule has 1 saturated carbocycles. The number of benzene rings is 2. The van der Waals surface area contributed by atoms with E-state index in [1.54, 1.807) is 10.9 Å². The van der Waals surface area contributed by atoms with Crippen LogP contribution in [-0.2, 0) is 28.4 Å². The summed E-state index contributed by atoms with van der Waals surface area (Å²) in [6.07, 6.45) is 5.34. The van der Waals surface area contributed by atoms with E-state index in [-0.39, 0.29) is 35.3 Å². The topological polar surface area (TPSA) is 143 Å². The van der Waals surface area contributed by atoms with E-state index in [1.807, 2.05) is 39.1 Å². The van der Waals surface area contributed by atoms with Crippen molar-refractivity contribution in [2.75, 3.05) is 6.54 Å². The number of aromatic amines is 1. The number of hydrogen-bond donors (Lipinski definition) is 2. The second-order valence-electron chi connectivity index (χ2n) is 12.0. The highest BCUT2D eigenvalue weighted by molar-refractivity contribution is 7.89. The van der Waals surface area contributed by atoms with Gasteiger partial charge in [0.1, 0.15) is 16.5 Å². The van der Waals surface area contributed by atoms with Gasteiger partial charge in [-0.2, -0.15) is 4.31 Å². The number of aliphatic carboxylic acids is 1. The maximum absolute atomic E-state index is 14.0. The zero-order chi connectivity index (χ0) is 31.6. The summed E-state index contributed by atoms with van der Waals surface area (Å²) in [7, 11) is -2.15. The zero-order valence-corrected chi connectivity index (χ0v) is 26.7. The molecule has 2 N–H and O–H groups in total. The molecule has 0 spiro atoms. The molecular formula is C32H33ClN6O5S. The van der Waals surface area contributed by atoms with Crippen molar-refractivity contribution < 1.29 is 23.1 Å². The smallest absolute Gasteiger partial charge is 0.304 e. The number of pyridine rings is 1. The van der Waals surface area contributed by atoms with Crippen molar-refractivity contribution in [1.82, 2.24) is 29.3 Å². The van der Waals surface area contributed by atoms with E-state index in [4.69, 9.17) is 16.3 Å². The fraction of sp³-hybridized carbons (Fsp3) is 0.375. The Morgan fingerprint density at radius 3 is 2.78 bits per heavy atom. The first kappa shape index (κ1) is 29.7. The third kappa shape index (κ3) is 5.24. The summed E-state index contributed by atoms with van der Waals surface area (Å²) >= 11 is 6.18. The number of carboxylic acids is 1. The second-order valence-corrected chi connectivity index (χ2v) is 14.4. The summed E-state index contributed by atoms with van der Waals surface area (Å²) in [5.41, 5.74) is 7.00. The standard InChI is InChI=1S/C32H33ClN6O5S/c1-4-22-16-39(45(42,43)28-11-21(33)14-35-32(28)44-22)15-20-9-19(10-27-23(20)7-8-34-27)25(13-29(40)41)24-12-26(18-5-6-18)31-30(17(24)2)36-37-38(31)3/h7-12,14,18,22,25,34H,4-6,13,15-16H2,1-3H3,(H,40,41)/t22-,25?/m1/s1. The quantitative estimate of drug-likeness (QED) is 0.220. The van der Waals surface area contributed by atoms with Gasteiger partial charge in [-0.1, -0.05) is 35.9 Å². The molecule has 1 aliphatic carbocycles. The van der Waals surface area contributed by atoms with Crippen LogP contribution < -0.4 is 4.74 Å². The van der Waals surface area contributed by atoms with Gasteiger partial charge in [-0.3, -0.25) is 4.79 Å². The maximum Gasteiger partial charge on any atom is 0.304 e. The number of rotatable bonds is 8. The van der Waals surface area contributed by atoms with Crippen molar-refractivity contribution in [3.05, 3.63) is 75.6 Å². The first-order valence-electron chi connectivity index (χ1n) is 15.0. The largest absolute Gasteiger partial charge is 0.481 e. The molecule has 0 saturated heterocycles. The molecule has 3 aromatic heterocycles. The van der Waals surface area contributed by atoms with Gasteiger partial charge in [0.2, 0.25) is 15.9 Å². The fourth-order valence-electron chi connectivity index (χ4n) is 6.56. The van der Waals surface area contributed by atoms with Crippen molar-refractivity contribution in [3.63, 3.8) is 0 Å². The molecule has 1 unspecified atom stereocenters. The van der Waals surface area contributed by atoms with Crippen LogP contribution >= 0.6 is 11.6 Å². The van der Waals surface area contributed by atoms with Gasteiger partial charge in [-0.05, 0) is 78.1 Å². The van der Waals surface area contributed by atoms with Crippen LogP contribution in [0.5, 0.6) is 5.88 Å². The Morgan fingerprint density at radius 1 is 1.24 bits per heavy atom. The van der Waals surface area contributed by atoms with Crippen molar-refractivity contribution in [2.24, 2.45) is 7.05 Å². The van der Waals surface area contributed by atoms with Crippen LogP contribution in [0.3, 0.4) is 0 Å². The Labute approximate surface area is 265 Å². The normalized spacial score (nSPS) is 18.9. The lowest BCUT2D eigenvalue weighted by Gasteiger charge is -2.24. The number of ether oxygens (including phenoxy) is 1. The number of carbonyl (C=O) groups is 1. The molecule has 11 nitrogen and oxygen atoms in total. The SMILES string of the molecule is CC[C@@H]1CN(Cc2cc(C(CC(=O)O)c3cc(C4CC4)c4c(nnn4C)c3C)cc3[nH]ccc23)S(=O)(=O)c2cc(Cl)cnc2O1. The number of nitrogens with one attached hydrogen (secondary N) is 1. The monoisotopic (exact) mass is 648 g/mol. The molecule has 0 amide bonds. The number of H-pyrrole nitrogens is 1. The number of aromatic nitrogens is 5. The summed E-state index contributed by atoms with van der Waals surface area (Å²) in [5, 5.41) is 19.9. The van der Waals surface area contributed by atoms with Crippen molar-refractivity contribution in [1.29, 1.82) is 0 Å². The number of halogens is 1. The minimum Gasteiger partial charge on any atom is -0.481 e. The van der Waals surface area contributed by atoms with Crippen LogP contribution in [0.25, 0.3) is 21.9 Å². The molecule has 45 heavy (non-hydrogen) atoms. The Morgan fingerprint density at radius 2 is 2.04 bits per heavy atom. The molecule has 0 radical (unpaired) electrons. The molecular weight excluding hydrogens is 616 g/mol. The molecule has 13 heteroatoms. The Hall–Kier alpha value is -4.00. The number of carboxylic acid groups (broad SMARTS) is 1. The van der Waals surface area contributed by atoms with Gasteiger partial charge in [-0.25, -0.2) is 18.1 Å². The van der Waals surface area contributed by atoms with E-state index in [2.05, 4.69) is 26.3 Å². The van der Waals surface area contributed by atoms with Gasteiger partial charge in [0, 0.05) is 42.8 Å². The predicted octanol–water partition coefficient (Wildman–Crippen LogP) is 5.65. The molecule has 7 rings (SSSR count). The molecule has 0 bridgehead atoms. The second kappa shape index (κ2) is 11.1. The number of aryl methyl sites for hydroxylation is 2. The minimum absolute atomic E-state index is 0.0390. The lowest BCUT2D eigenvalue weighted by molar-refractivity contribution is -0.137. The molecule has 2 aromatic carbocycles. The van der Waals surface area contributed by atoms with Crippen LogP contribution in [0, 0.1) is 6.92 Å². The van der Waals surface area contributed by atoms with Crippen molar-refractivity contribution >= 4 is 49.5 Å². The van der Waals surface area contributed by atoms with Gasteiger partial charge in [0.05, 0.1) is 23.5 Å². The zero-order valence-electron chi connectivity index (χ0n) is 25.1. The average Bonchev–Trinajstić information content (AvgIpc) is 3.63. The Kier molecular flexibility index (Phi) is 7.33. The number of sulfonamides is 1. The van der Waals surface area contributed by atoms with E-state index in [0.717, 1.165) is 62.6 Å². The third-order valence-electron chi connectivity index (χ3n) is 9.04. The minimum atomic E-state index is -4.04. The first-order chi connectivity index (χ1) is 21.5. The van der Waals surface area contributed by atoms with Crippen LogP contribution in [0.2, 0.25) is 5.02 Å². The number of fused-ring (bicyclic) bond motifs is 3. The lowest BCUT2D eigenvalue weighted by atomic mass is 9.83. The summed E-state index contributed by atoms with van der Waals surface area (Å²) in [6.45, 7) is 4.07. The third-order valence-corrected chi connectivity index (χ3v) is 11.1. The van der Waals surface area contributed by atoms with Crippen LogP contribution in [0.15, 0.2) is 47.6 Å². The highest BCUT2D eigenvalue weighted by atomic mass is 35.5. The Bertz CT molecular complexity index is 2090. The number of hydrogen-bond acceptors (Lipinski definition) is 7. The Balaban J connectivity index is 1.37. The van der Waals surface area contributed by atoms with E-state index in [1.165, 1.54) is 16.6 Å². The van der Waals surface area contributed by atoms with Crippen LogP contribution in [0.1, 0.15) is 72.3 Å². The van der Waals surface area contributed by atoms with E-state index < -0.39 is 28.0 Å². The van der Waals surface area contributed by atoms with E-state index in [9.17, 15) is 18.3 Å². The molecule has 2 aliphatic rings. The van der Waals surface area contributed by atoms with E-state index in [0.29, 0.717) is 12.3 Å². The summed E-state index contributed by atoms with van der Waals surface area (Å²) in [5.74, 6) is -1.01. The summed E-state index contributed by atoms with van der Waals surface area (Å²) < 4.78 is 37.3. The van der Waals surface area contributed by atoms with Gasteiger partial charge >= 0.3 is 5.97 Å². The molecule has 1 fully saturated rings. The maximum atomic E-state index is 14.0. The molecule has 4 heterocycles. The average molecular weight is 649 g/mol. The van der Waals surface area contributed by atoms with Gasteiger partial charge < -0.3 is 14.8 Å². The van der Waals surface area contributed by atoms with Gasteiger partial charge in [-0.15, -0.1) is 5.10 Å². The highest BCUT2D eigenvalue weighted by Crippen LogP contribution is 2.46. The summed E-state index contributed by atoms with van der Waals surface area (Å²) in [6, 6.07) is 9.34. The molecule has 5 aromatic rings. The molecule has 234 valence electrons. The van der Waals surface area contributed by atoms with E-state index >= 15 is 0 Å². The molecule has 1 aliphatic heterocycles. The van der Waals surface area contributed by atoms with Crippen molar-refractivity contribution in [3.8, 4) is 5.88 Å². The fourth-order valence-corrected chi connectivity index (χ4v) is 8.33. The lowest BCUT2D eigenvalue weighted by Crippen LogP contribution is -2.36. The molecule has 2 atom stereocenters.